The first-order valence-corrected chi connectivity index (χ1v) is 7.11. The molecule has 0 radical (unpaired) electrons. The number of anilines is 1. The van der Waals surface area contributed by atoms with E-state index in [9.17, 15) is 0 Å². The second kappa shape index (κ2) is 5.34. The molecule has 3 rings (SSSR count). The van der Waals surface area contributed by atoms with Gasteiger partial charge < -0.3 is 11.1 Å². The second-order valence-electron chi connectivity index (χ2n) is 5.71. The molecule has 0 saturated carbocycles. The van der Waals surface area contributed by atoms with Crippen LogP contribution in [0.3, 0.4) is 0 Å². The van der Waals surface area contributed by atoms with Crippen molar-refractivity contribution in [1.29, 1.82) is 0 Å². The Balaban J connectivity index is 1.84. The number of aromatic nitrogens is 2. The number of nitrogens with zero attached hydrogens (tertiary/aromatic N) is 3. The third-order valence-corrected chi connectivity index (χ3v) is 3.68. The van der Waals surface area contributed by atoms with Gasteiger partial charge in [-0.05, 0) is 26.0 Å². The van der Waals surface area contributed by atoms with Crippen LogP contribution in [0, 0.1) is 0 Å². The third-order valence-electron chi connectivity index (χ3n) is 3.68. The highest BCUT2D eigenvalue weighted by Crippen LogP contribution is 2.18. The van der Waals surface area contributed by atoms with E-state index in [-0.39, 0.29) is 0 Å². The van der Waals surface area contributed by atoms with Gasteiger partial charge in [-0.1, -0.05) is 12.1 Å². The van der Waals surface area contributed by atoms with Crippen molar-refractivity contribution in [2.24, 2.45) is 0 Å². The van der Waals surface area contributed by atoms with E-state index >= 15 is 0 Å². The molecule has 2 aromatic rings. The van der Waals surface area contributed by atoms with Gasteiger partial charge in [0.05, 0.1) is 12.1 Å². The fourth-order valence-electron chi connectivity index (χ4n) is 2.99. The normalized spacial score (nSPS) is 24.1. The molecule has 2 heterocycles. The van der Waals surface area contributed by atoms with E-state index in [1.54, 1.807) is 0 Å². The number of hydrogen-bond acceptors (Lipinski definition) is 5. The lowest BCUT2D eigenvalue weighted by atomic mass is 10.1. The van der Waals surface area contributed by atoms with E-state index in [1.807, 2.05) is 24.3 Å². The average molecular weight is 271 g/mol. The molecule has 1 fully saturated rings. The van der Waals surface area contributed by atoms with Gasteiger partial charge in [-0.3, -0.25) is 4.90 Å². The molecule has 20 heavy (non-hydrogen) atoms. The van der Waals surface area contributed by atoms with Crippen molar-refractivity contribution in [3.63, 3.8) is 0 Å². The predicted octanol–water partition coefficient (Wildman–Crippen LogP) is 1.39. The van der Waals surface area contributed by atoms with Crippen LogP contribution in [-0.4, -0.2) is 40.0 Å². The number of nitrogen functional groups attached to an aromatic ring is 1. The highest BCUT2D eigenvalue weighted by Gasteiger charge is 2.21. The fraction of sp³-hybridized carbons (Fsp3) is 0.467. The van der Waals surface area contributed by atoms with Crippen LogP contribution in [0.1, 0.15) is 19.7 Å². The van der Waals surface area contributed by atoms with Gasteiger partial charge in [-0.2, -0.15) is 0 Å². The number of nitrogens with one attached hydrogen (secondary N) is 1. The van der Waals surface area contributed by atoms with Gasteiger partial charge in [0.15, 0.2) is 0 Å². The Morgan fingerprint density at radius 1 is 1.20 bits per heavy atom. The maximum Gasteiger partial charge on any atom is 0.145 e. The number of nitrogens with two attached hydrogens (primary N) is 1. The van der Waals surface area contributed by atoms with Crippen molar-refractivity contribution in [2.45, 2.75) is 32.5 Å². The summed E-state index contributed by atoms with van der Waals surface area (Å²) in [6.07, 6.45) is 0. The van der Waals surface area contributed by atoms with Crippen molar-refractivity contribution in [2.75, 3.05) is 18.8 Å². The standard InChI is InChI=1S/C15H21N5/c1-10-7-20(8-11(2)17-10)9-14-18-13-6-4-3-5-12(13)15(16)19-14/h3-6,10-11,17H,7-9H2,1-2H3,(H2,16,18,19). The fourth-order valence-corrected chi connectivity index (χ4v) is 2.99. The van der Waals surface area contributed by atoms with Gasteiger partial charge in [0.2, 0.25) is 0 Å². The lowest BCUT2D eigenvalue weighted by Crippen LogP contribution is -2.53. The SMILES string of the molecule is CC1CN(Cc2nc(N)c3ccccc3n2)CC(C)N1. The molecule has 1 aliphatic heterocycles. The average Bonchev–Trinajstić information content (AvgIpc) is 2.37. The Hall–Kier alpha value is -1.72. The molecule has 1 saturated heterocycles. The molecule has 2 unspecified atom stereocenters. The van der Waals surface area contributed by atoms with E-state index in [2.05, 4.69) is 34.0 Å². The monoisotopic (exact) mass is 271 g/mol. The van der Waals surface area contributed by atoms with Crippen LogP contribution in [0.5, 0.6) is 0 Å². The van der Waals surface area contributed by atoms with E-state index in [4.69, 9.17) is 5.73 Å². The number of benzene rings is 1. The van der Waals surface area contributed by atoms with Crippen LogP contribution in [0.4, 0.5) is 5.82 Å². The molecule has 1 aliphatic rings. The zero-order chi connectivity index (χ0) is 14.1. The lowest BCUT2D eigenvalue weighted by molar-refractivity contribution is 0.163. The van der Waals surface area contributed by atoms with E-state index in [0.29, 0.717) is 17.9 Å². The van der Waals surface area contributed by atoms with E-state index < -0.39 is 0 Å². The van der Waals surface area contributed by atoms with Crippen molar-refractivity contribution in [3.05, 3.63) is 30.1 Å². The molecule has 2 atom stereocenters. The molecule has 1 aromatic carbocycles. The Morgan fingerprint density at radius 2 is 1.90 bits per heavy atom. The molecule has 1 aromatic heterocycles. The summed E-state index contributed by atoms with van der Waals surface area (Å²) < 4.78 is 0. The van der Waals surface area contributed by atoms with Gasteiger partial charge in [0.25, 0.3) is 0 Å². The van der Waals surface area contributed by atoms with Gasteiger partial charge in [-0.25, -0.2) is 9.97 Å². The predicted molar refractivity (Wildman–Crippen MR) is 81.3 cm³/mol. The zero-order valence-corrected chi connectivity index (χ0v) is 12.0. The van der Waals surface area contributed by atoms with Crippen LogP contribution in [-0.2, 0) is 6.54 Å². The molecule has 0 amide bonds. The third kappa shape index (κ3) is 2.73. The molecule has 0 aliphatic carbocycles. The van der Waals surface area contributed by atoms with Crippen LogP contribution in [0.2, 0.25) is 0 Å². The quantitative estimate of drug-likeness (QED) is 0.864. The van der Waals surface area contributed by atoms with Crippen molar-refractivity contribution < 1.29 is 0 Å². The summed E-state index contributed by atoms with van der Waals surface area (Å²) in [5.74, 6) is 1.38. The minimum atomic E-state index is 0.497. The molecule has 5 nitrogen and oxygen atoms in total. The first-order valence-electron chi connectivity index (χ1n) is 7.11. The molecule has 3 N–H and O–H groups in total. The number of fused-ring (bicyclic) bond motifs is 1. The summed E-state index contributed by atoms with van der Waals surface area (Å²) in [5, 5.41) is 4.46. The summed E-state index contributed by atoms with van der Waals surface area (Å²) in [4.78, 5) is 11.5. The zero-order valence-electron chi connectivity index (χ0n) is 12.0. The van der Waals surface area contributed by atoms with Gasteiger partial charge >= 0.3 is 0 Å². The van der Waals surface area contributed by atoms with Crippen molar-refractivity contribution in [1.82, 2.24) is 20.2 Å². The summed E-state index contributed by atoms with van der Waals surface area (Å²) >= 11 is 0. The summed E-state index contributed by atoms with van der Waals surface area (Å²) in [6, 6.07) is 8.88. The molecular formula is C15H21N5. The highest BCUT2D eigenvalue weighted by molar-refractivity contribution is 5.87. The minimum Gasteiger partial charge on any atom is -0.383 e. The van der Waals surface area contributed by atoms with Crippen LogP contribution < -0.4 is 11.1 Å². The Morgan fingerprint density at radius 3 is 2.65 bits per heavy atom. The number of rotatable bonds is 2. The second-order valence-corrected chi connectivity index (χ2v) is 5.71. The molecule has 106 valence electrons. The van der Waals surface area contributed by atoms with Crippen LogP contribution in [0.25, 0.3) is 10.9 Å². The molecule has 0 spiro atoms. The van der Waals surface area contributed by atoms with Gasteiger partial charge in [-0.15, -0.1) is 0 Å². The Bertz CT molecular complexity index is 602. The summed E-state index contributed by atoms with van der Waals surface area (Å²) in [5.41, 5.74) is 6.96. The minimum absolute atomic E-state index is 0.497. The number of para-hydroxylation sites is 1. The number of hydrogen-bond donors (Lipinski definition) is 2. The van der Waals surface area contributed by atoms with Crippen LogP contribution >= 0.6 is 0 Å². The molecule has 0 bridgehead atoms. The first kappa shape index (κ1) is 13.3. The topological polar surface area (TPSA) is 67.1 Å². The molecular weight excluding hydrogens is 250 g/mol. The number of piperazine rings is 1. The molecule has 5 heteroatoms. The Kier molecular flexibility index (Phi) is 3.54. The summed E-state index contributed by atoms with van der Waals surface area (Å²) in [7, 11) is 0. The maximum atomic E-state index is 6.03. The van der Waals surface area contributed by atoms with Crippen molar-refractivity contribution >= 4 is 16.7 Å². The lowest BCUT2D eigenvalue weighted by Gasteiger charge is -2.35. The first-order chi connectivity index (χ1) is 9.61. The van der Waals surface area contributed by atoms with Crippen LogP contribution in [0.15, 0.2) is 24.3 Å². The van der Waals surface area contributed by atoms with Crippen molar-refractivity contribution in [3.8, 4) is 0 Å². The Labute approximate surface area is 119 Å². The smallest absolute Gasteiger partial charge is 0.145 e. The van der Waals surface area contributed by atoms with Gasteiger partial charge in [0, 0.05) is 30.6 Å². The largest absolute Gasteiger partial charge is 0.383 e. The van der Waals surface area contributed by atoms with E-state index in [1.165, 1.54) is 0 Å². The maximum absolute atomic E-state index is 6.03. The summed E-state index contributed by atoms with van der Waals surface area (Å²) in [6.45, 7) is 7.20. The highest BCUT2D eigenvalue weighted by atomic mass is 15.2. The van der Waals surface area contributed by atoms with Gasteiger partial charge in [0.1, 0.15) is 11.6 Å². The van der Waals surface area contributed by atoms with E-state index in [0.717, 1.165) is 36.4 Å².